The van der Waals surface area contributed by atoms with Crippen LogP contribution in [0.3, 0.4) is 0 Å². The van der Waals surface area contributed by atoms with E-state index in [2.05, 4.69) is 0 Å². The second-order valence-electron chi connectivity index (χ2n) is 5.60. The normalized spacial score (nSPS) is 19.1. The van der Waals surface area contributed by atoms with Crippen LogP contribution in [0.4, 0.5) is 0 Å². The molecule has 0 spiro atoms. The molecular weight excluding hydrogens is 312 g/mol. The molecule has 0 aromatic carbocycles. The molecule has 1 aliphatic rings. The van der Waals surface area contributed by atoms with Crippen molar-refractivity contribution in [3.8, 4) is 24.3 Å². The van der Waals surface area contributed by atoms with Crippen LogP contribution in [-0.4, -0.2) is 17.9 Å². The first kappa shape index (κ1) is 18.7. The lowest BCUT2D eigenvalue weighted by Crippen LogP contribution is -2.45. The second-order valence-corrected chi connectivity index (χ2v) is 8.23. The summed E-state index contributed by atoms with van der Waals surface area (Å²) in [5.41, 5.74) is 0. The van der Waals surface area contributed by atoms with Crippen LogP contribution in [0.15, 0.2) is 12.2 Å². The third-order valence-electron chi connectivity index (χ3n) is 4.40. The molecule has 0 aromatic rings. The van der Waals surface area contributed by atoms with E-state index in [1.807, 2.05) is 24.3 Å². The van der Waals surface area contributed by atoms with Gasteiger partial charge >= 0.3 is 0 Å². The van der Waals surface area contributed by atoms with Crippen LogP contribution in [0.25, 0.3) is 0 Å². The SMILES string of the molecule is N#CCCC1(CCC#N)C=CC(CCC#N)(CCC#N)S1(=O)=O. The van der Waals surface area contributed by atoms with Gasteiger partial charge in [0.2, 0.25) is 0 Å². The number of rotatable bonds is 8. The van der Waals surface area contributed by atoms with Crippen molar-refractivity contribution < 1.29 is 8.42 Å². The molecule has 0 N–H and O–H groups in total. The Morgan fingerprint density at radius 3 is 1.13 bits per heavy atom. The molecule has 0 fully saturated rings. The van der Waals surface area contributed by atoms with Gasteiger partial charge in [0.15, 0.2) is 9.84 Å². The molecule has 0 bridgehead atoms. The standard InChI is InChI=1S/C16H18N4O2S/c17-11-1-5-15(6-2-12-18)9-10-16(7-3-13-19,8-4-14-20)23(15,21)22/h9-10H,1-8H2. The summed E-state index contributed by atoms with van der Waals surface area (Å²) in [6.07, 6.45) is 3.98. The van der Waals surface area contributed by atoms with Crippen LogP contribution in [-0.2, 0) is 9.84 Å². The Labute approximate surface area is 137 Å². The maximum atomic E-state index is 13.3. The summed E-state index contributed by atoms with van der Waals surface area (Å²) in [5.74, 6) is 0. The second kappa shape index (κ2) is 7.77. The predicted octanol–water partition coefficient (Wildman–Crippen LogP) is 2.66. The predicted molar refractivity (Wildman–Crippen MR) is 82.9 cm³/mol. The van der Waals surface area contributed by atoms with Crippen molar-refractivity contribution in [3.05, 3.63) is 12.2 Å². The first-order valence-corrected chi connectivity index (χ1v) is 8.86. The summed E-state index contributed by atoms with van der Waals surface area (Å²) < 4.78 is 24.0. The van der Waals surface area contributed by atoms with Gasteiger partial charge in [0.1, 0.15) is 0 Å². The van der Waals surface area contributed by atoms with Crippen LogP contribution >= 0.6 is 0 Å². The van der Waals surface area contributed by atoms with Crippen molar-refractivity contribution >= 4 is 9.84 Å². The summed E-state index contributed by atoms with van der Waals surface area (Å²) in [5, 5.41) is 35.3. The van der Waals surface area contributed by atoms with Gasteiger partial charge in [-0.2, -0.15) is 21.0 Å². The molecule has 0 saturated carbocycles. The van der Waals surface area contributed by atoms with E-state index in [1.165, 1.54) is 0 Å². The molecule has 6 nitrogen and oxygen atoms in total. The van der Waals surface area contributed by atoms with E-state index in [0.29, 0.717) is 0 Å². The number of hydrogen-bond donors (Lipinski definition) is 0. The maximum absolute atomic E-state index is 13.3. The topological polar surface area (TPSA) is 129 Å². The molecule has 0 aromatic heterocycles. The fraction of sp³-hybridized carbons (Fsp3) is 0.625. The molecule has 0 aliphatic carbocycles. The minimum atomic E-state index is -3.76. The van der Waals surface area contributed by atoms with E-state index >= 15 is 0 Å². The highest BCUT2D eigenvalue weighted by Crippen LogP contribution is 2.48. The Bertz CT molecular complexity index is 634. The highest BCUT2D eigenvalue weighted by atomic mass is 32.2. The van der Waals surface area contributed by atoms with Crippen molar-refractivity contribution in [3.63, 3.8) is 0 Å². The molecule has 7 heteroatoms. The molecule has 1 aliphatic heterocycles. The Morgan fingerprint density at radius 2 is 0.913 bits per heavy atom. The number of nitriles is 4. The maximum Gasteiger partial charge on any atom is 0.168 e. The lowest BCUT2D eigenvalue weighted by molar-refractivity contribution is 0.486. The van der Waals surface area contributed by atoms with Gasteiger partial charge in [-0.05, 0) is 25.7 Å². The Hall–Kier alpha value is -2.35. The zero-order chi connectivity index (χ0) is 17.4. The number of nitrogens with zero attached hydrogens (tertiary/aromatic N) is 4. The molecule has 0 amide bonds. The summed E-state index contributed by atoms with van der Waals surface area (Å²) in [7, 11) is -3.76. The molecule has 23 heavy (non-hydrogen) atoms. The first-order chi connectivity index (χ1) is 10.9. The molecule has 0 unspecified atom stereocenters. The van der Waals surface area contributed by atoms with Crippen LogP contribution < -0.4 is 0 Å². The van der Waals surface area contributed by atoms with Gasteiger partial charge in [0.25, 0.3) is 0 Å². The average Bonchev–Trinajstić information content (AvgIpc) is 2.76. The van der Waals surface area contributed by atoms with Crippen molar-refractivity contribution in [2.45, 2.75) is 60.9 Å². The zero-order valence-corrected chi connectivity index (χ0v) is 13.6. The monoisotopic (exact) mass is 330 g/mol. The summed E-state index contributed by atoms with van der Waals surface area (Å²) in [6, 6.07) is 7.85. The van der Waals surface area contributed by atoms with Crippen molar-refractivity contribution in [1.82, 2.24) is 0 Å². The lowest BCUT2D eigenvalue weighted by atomic mass is 9.92. The summed E-state index contributed by atoms with van der Waals surface area (Å²) >= 11 is 0. The molecule has 1 rings (SSSR count). The van der Waals surface area contributed by atoms with Gasteiger partial charge in [-0.25, -0.2) is 8.42 Å². The smallest absolute Gasteiger partial charge is 0.168 e. The quantitative estimate of drug-likeness (QED) is 0.629. The average molecular weight is 330 g/mol. The van der Waals surface area contributed by atoms with Gasteiger partial charge in [0.05, 0.1) is 33.8 Å². The van der Waals surface area contributed by atoms with Crippen molar-refractivity contribution in [2.75, 3.05) is 0 Å². The van der Waals surface area contributed by atoms with Crippen molar-refractivity contribution in [1.29, 1.82) is 21.0 Å². The van der Waals surface area contributed by atoms with E-state index < -0.39 is 19.3 Å². The van der Waals surface area contributed by atoms with E-state index in [1.54, 1.807) is 12.2 Å². The van der Waals surface area contributed by atoms with Crippen LogP contribution in [0.1, 0.15) is 51.4 Å². The third kappa shape index (κ3) is 3.37. The van der Waals surface area contributed by atoms with Gasteiger partial charge in [0, 0.05) is 25.7 Å². The molecule has 0 saturated heterocycles. The highest BCUT2D eigenvalue weighted by molar-refractivity contribution is 7.94. The minimum Gasteiger partial charge on any atom is -0.227 e. The number of hydrogen-bond acceptors (Lipinski definition) is 6. The molecule has 120 valence electrons. The molecule has 0 atom stereocenters. The van der Waals surface area contributed by atoms with Gasteiger partial charge < -0.3 is 0 Å². The fourth-order valence-electron chi connectivity index (χ4n) is 3.08. The Balaban J connectivity index is 3.31. The summed E-state index contributed by atoms with van der Waals surface area (Å²) in [6.45, 7) is 0. The van der Waals surface area contributed by atoms with Gasteiger partial charge in [-0.1, -0.05) is 12.2 Å². The molecule has 0 radical (unpaired) electrons. The van der Waals surface area contributed by atoms with Crippen LogP contribution in [0.2, 0.25) is 0 Å². The van der Waals surface area contributed by atoms with Gasteiger partial charge in [-0.15, -0.1) is 0 Å². The molecular formula is C16H18N4O2S. The minimum absolute atomic E-state index is 0.0710. The fourth-order valence-corrected chi connectivity index (χ4v) is 5.87. The van der Waals surface area contributed by atoms with Crippen molar-refractivity contribution in [2.24, 2.45) is 0 Å². The van der Waals surface area contributed by atoms with E-state index in [0.717, 1.165) is 0 Å². The van der Waals surface area contributed by atoms with E-state index in [4.69, 9.17) is 21.0 Å². The van der Waals surface area contributed by atoms with Gasteiger partial charge in [-0.3, -0.25) is 0 Å². The lowest BCUT2D eigenvalue weighted by Gasteiger charge is -2.34. The highest BCUT2D eigenvalue weighted by Gasteiger charge is 2.57. The Kier molecular flexibility index (Phi) is 6.32. The van der Waals surface area contributed by atoms with Crippen LogP contribution in [0.5, 0.6) is 0 Å². The number of sulfone groups is 1. The van der Waals surface area contributed by atoms with E-state index in [9.17, 15) is 8.42 Å². The third-order valence-corrected chi connectivity index (χ3v) is 7.63. The summed E-state index contributed by atoms with van der Waals surface area (Å²) in [4.78, 5) is 0. The first-order valence-electron chi connectivity index (χ1n) is 7.38. The molecule has 1 heterocycles. The van der Waals surface area contributed by atoms with Crippen LogP contribution in [0, 0.1) is 45.3 Å². The Morgan fingerprint density at radius 1 is 0.652 bits per heavy atom. The van der Waals surface area contributed by atoms with E-state index in [-0.39, 0.29) is 51.4 Å². The largest absolute Gasteiger partial charge is 0.227 e. The zero-order valence-electron chi connectivity index (χ0n) is 12.8.